The van der Waals surface area contributed by atoms with Crippen molar-refractivity contribution in [2.75, 3.05) is 0 Å². The summed E-state index contributed by atoms with van der Waals surface area (Å²) in [7, 11) is 0. The lowest BCUT2D eigenvalue weighted by Crippen LogP contribution is -2.34. The fourth-order valence-corrected chi connectivity index (χ4v) is 1.91. The molecule has 82 valence electrons. The summed E-state index contributed by atoms with van der Waals surface area (Å²) in [6, 6.07) is 4.53. The number of aliphatic hydroxyl groups is 1. The van der Waals surface area contributed by atoms with Crippen molar-refractivity contribution in [2.45, 2.75) is 38.4 Å². The van der Waals surface area contributed by atoms with Crippen LogP contribution >= 0.6 is 0 Å². The van der Waals surface area contributed by atoms with Crippen LogP contribution in [0, 0.1) is 5.82 Å². The molecule has 0 bridgehead atoms. The van der Waals surface area contributed by atoms with Crippen molar-refractivity contribution in [1.82, 2.24) is 0 Å². The zero-order valence-electron chi connectivity index (χ0n) is 8.74. The number of aliphatic hydroxyl groups excluding tert-OH is 1. The van der Waals surface area contributed by atoms with Gasteiger partial charge in [0.2, 0.25) is 0 Å². The molecular formula is C12H15FO2. The molecule has 0 aromatic heterocycles. The van der Waals surface area contributed by atoms with Crippen molar-refractivity contribution in [2.24, 2.45) is 0 Å². The smallest absolute Gasteiger partial charge is 0.125 e. The third kappa shape index (κ3) is 2.12. The molecule has 2 unspecified atom stereocenters. The van der Waals surface area contributed by atoms with Crippen molar-refractivity contribution >= 4 is 0 Å². The van der Waals surface area contributed by atoms with Gasteiger partial charge in [0.05, 0.1) is 6.10 Å². The van der Waals surface area contributed by atoms with E-state index in [1.807, 2.05) is 6.92 Å². The van der Waals surface area contributed by atoms with Crippen LogP contribution in [0.2, 0.25) is 0 Å². The molecule has 1 aromatic carbocycles. The van der Waals surface area contributed by atoms with Gasteiger partial charge in [-0.2, -0.15) is 0 Å². The zero-order chi connectivity index (χ0) is 10.8. The highest BCUT2D eigenvalue weighted by Crippen LogP contribution is 2.29. The van der Waals surface area contributed by atoms with Gasteiger partial charge in [-0.15, -0.1) is 0 Å². The first-order valence-electron chi connectivity index (χ1n) is 5.34. The fraction of sp³-hybridized carbons (Fsp3) is 0.500. The van der Waals surface area contributed by atoms with Crippen LogP contribution in [0.25, 0.3) is 0 Å². The van der Waals surface area contributed by atoms with E-state index in [4.69, 9.17) is 4.74 Å². The van der Waals surface area contributed by atoms with Crippen LogP contribution in [0.3, 0.4) is 0 Å². The van der Waals surface area contributed by atoms with Crippen LogP contribution in [0.4, 0.5) is 4.39 Å². The van der Waals surface area contributed by atoms with E-state index >= 15 is 0 Å². The van der Waals surface area contributed by atoms with Gasteiger partial charge in [0, 0.05) is 0 Å². The molecular weight excluding hydrogens is 195 g/mol. The van der Waals surface area contributed by atoms with Gasteiger partial charge in [-0.25, -0.2) is 4.39 Å². The Hall–Kier alpha value is -1.09. The maximum absolute atomic E-state index is 12.9. The minimum Gasteiger partial charge on any atom is -0.487 e. The van der Waals surface area contributed by atoms with Gasteiger partial charge in [0.25, 0.3) is 0 Å². The third-order valence-corrected chi connectivity index (χ3v) is 2.85. The van der Waals surface area contributed by atoms with Crippen LogP contribution in [0.15, 0.2) is 18.2 Å². The largest absolute Gasteiger partial charge is 0.487 e. The Morgan fingerprint density at radius 2 is 2.40 bits per heavy atom. The molecule has 0 saturated carbocycles. The second-order valence-corrected chi connectivity index (χ2v) is 3.92. The Morgan fingerprint density at radius 3 is 3.13 bits per heavy atom. The minimum atomic E-state index is -0.428. The summed E-state index contributed by atoms with van der Waals surface area (Å²) in [5.74, 6) is 0.479. The van der Waals surface area contributed by atoms with Crippen molar-refractivity contribution in [3.63, 3.8) is 0 Å². The highest BCUT2D eigenvalue weighted by Gasteiger charge is 2.25. The molecule has 0 amide bonds. The van der Waals surface area contributed by atoms with Crippen molar-refractivity contribution < 1.29 is 14.2 Å². The van der Waals surface area contributed by atoms with E-state index in [0.29, 0.717) is 12.2 Å². The number of rotatable bonds is 2. The standard InChI is InChI=1S/C12H15FO2/c1-2-10(14)12-5-3-8-7-9(13)4-6-11(8)15-12/h4,6-7,10,12,14H,2-3,5H2,1H3. The first-order chi connectivity index (χ1) is 7.20. The van der Waals surface area contributed by atoms with Crippen LogP contribution in [0.5, 0.6) is 5.75 Å². The van der Waals surface area contributed by atoms with Crippen molar-refractivity contribution in [3.8, 4) is 5.75 Å². The number of fused-ring (bicyclic) bond motifs is 1. The molecule has 0 aliphatic carbocycles. The average Bonchev–Trinajstić information content (AvgIpc) is 2.27. The molecule has 0 radical (unpaired) electrons. The van der Waals surface area contributed by atoms with Gasteiger partial charge in [-0.1, -0.05) is 6.92 Å². The van der Waals surface area contributed by atoms with E-state index in [0.717, 1.165) is 18.4 Å². The minimum absolute atomic E-state index is 0.145. The van der Waals surface area contributed by atoms with E-state index in [1.54, 1.807) is 6.07 Å². The lowest BCUT2D eigenvalue weighted by atomic mass is 9.98. The summed E-state index contributed by atoms with van der Waals surface area (Å²) in [6.07, 6.45) is 1.64. The van der Waals surface area contributed by atoms with Gasteiger partial charge >= 0.3 is 0 Å². The summed E-state index contributed by atoms with van der Waals surface area (Å²) < 4.78 is 18.5. The van der Waals surface area contributed by atoms with Crippen molar-refractivity contribution in [3.05, 3.63) is 29.6 Å². The van der Waals surface area contributed by atoms with Gasteiger partial charge in [-0.3, -0.25) is 0 Å². The molecule has 2 atom stereocenters. The molecule has 1 heterocycles. The van der Waals surface area contributed by atoms with E-state index in [-0.39, 0.29) is 11.9 Å². The highest BCUT2D eigenvalue weighted by atomic mass is 19.1. The summed E-state index contributed by atoms with van der Waals surface area (Å²) in [5, 5.41) is 9.66. The molecule has 1 N–H and O–H groups in total. The molecule has 1 aliphatic heterocycles. The summed E-state index contributed by atoms with van der Waals surface area (Å²) in [6.45, 7) is 1.92. The average molecular weight is 210 g/mol. The van der Waals surface area contributed by atoms with Crippen LogP contribution < -0.4 is 4.74 Å². The number of benzene rings is 1. The Balaban J connectivity index is 2.16. The maximum atomic E-state index is 12.9. The number of hydrogen-bond donors (Lipinski definition) is 1. The number of ether oxygens (including phenoxy) is 1. The lowest BCUT2D eigenvalue weighted by molar-refractivity contribution is 0.0219. The molecule has 3 heteroatoms. The first-order valence-corrected chi connectivity index (χ1v) is 5.34. The van der Waals surface area contributed by atoms with E-state index in [2.05, 4.69) is 0 Å². The summed E-state index contributed by atoms with van der Waals surface area (Å²) in [4.78, 5) is 0. The molecule has 1 aromatic rings. The maximum Gasteiger partial charge on any atom is 0.125 e. The SMILES string of the molecule is CCC(O)C1CCc2cc(F)ccc2O1. The van der Waals surface area contributed by atoms with Crippen LogP contribution in [-0.2, 0) is 6.42 Å². The van der Waals surface area contributed by atoms with Crippen LogP contribution in [0.1, 0.15) is 25.3 Å². The van der Waals surface area contributed by atoms with Gasteiger partial charge < -0.3 is 9.84 Å². The molecule has 0 saturated heterocycles. The Bertz CT molecular complexity index is 351. The monoisotopic (exact) mass is 210 g/mol. The first kappa shape index (κ1) is 10.4. The predicted molar refractivity (Wildman–Crippen MR) is 55.4 cm³/mol. The predicted octanol–water partition coefficient (Wildman–Crippen LogP) is 2.29. The Labute approximate surface area is 88.7 Å². The Kier molecular flexibility index (Phi) is 2.91. The molecule has 0 spiro atoms. The molecule has 2 nitrogen and oxygen atoms in total. The molecule has 15 heavy (non-hydrogen) atoms. The van der Waals surface area contributed by atoms with E-state index < -0.39 is 6.10 Å². The number of aryl methyl sites for hydroxylation is 1. The summed E-state index contributed by atoms with van der Waals surface area (Å²) in [5.41, 5.74) is 0.898. The van der Waals surface area contributed by atoms with Gasteiger partial charge in [0.1, 0.15) is 17.7 Å². The third-order valence-electron chi connectivity index (χ3n) is 2.85. The Morgan fingerprint density at radius 1 is 1.60 bits per heavy atom. The van der Waals surface area contributed by atoms with Crippen LogP contribution in [-0.4, -0.2) is 17.3 Å². The summed E-state index contributed by atoms with van der Waals surface area (Å²) >= 11 is 0. The lowest BCUT2D eigenvalue weighted by Gasteiger charge is -2.29. The number of halogens is 1. The molecule has 2 rings (SSSR count). The molecule has 1 aliphatic rings. The zero-order valence-corrected chi connectivity index (χ0v) is 8.74. The fourth-order valence-electron chi connectivity index (χ4n) is 1.91. The molecule has 0 fully saturated rings. The normalized spacial score (nSPS) is 21.7. The van der Waals surface area contributed by atoms with E-state index in [1.165, 1.54) is 12.1 Å². The second-order valence-electron chi connectivity index (χ2n) is 3.92. The topological polar surface area (TPSA) is 29.5 Å². The van der Waals surface area contributed by atoms with E-state index in [9.17, 15) is 9.50 Å². The highest BCUT2D eigenvalue weighted by molar-refractivity contribution is 5.35. The number of hydrogen-bond acceptors (Lipinski definition) is 2. The van der Waals surface area contributed by atoms with Gasteiger partial charge in [0.15, 0.2) is 0 Å². The quantitative estimate of drug-likeness (QED) is 0.811. The van der Waals surface area contributed by atoms with Crippen molar-refractivity contribution in [1.29, 1.82) is 0 Å². The second kappa shape index (κ2) is 4.19. The van der Waals surface area contributed by atoms with Gasteiger partial charge in [-0.05, 0) is 43.0 Å².